The molecule has 0 saturated carbocycles. The van der Waals surface area contributed by atoms with Gasteiger partial charge in [-0.1, -0.05) is 127 Å². The Morgan fingerprint density at radius 1 is 0.304 bits per heavy atom. The highest BCUT2D eigenvalue weighted by Gasteiger charge is 2.19. The predicted molar refractivity (Wildman–Crippen MR) is 204 cm³/mol. The molecule has 0 N–H and O–H groups in total. The molecule has 2 heterocycles. The standard InChI is InChI=1S/C44H26S2/c1-2-12-28(13-3-1)40-25-30-24-38-37-23-29(21-22-39(37)45-42(38)26-41(30)46-40)43-33-16-6-8-18-35(33)44(36-19-9-7-17-34(36)43)32-20-10-14-27-11-4-5-15-31(27)32/h1-26H. The Kier molecular flexibility index (Phi) is 5.72. The van der Waals surface area contributed by atoms with Gasteiger partial charge in [0.2, 0.25) is 0 Å². The number of benzene rings is 8. The summed E-state index contributed by atoms with van der Waals surface area (Å²) in [7, 11) is 0. The Bertz CT molecular complexity index is 2740. The van der Waals surface area contributed by atoms with E-state index in [1.807, 2.05) is 22.7 Å². The van der Waals surface area contributed by atoms with E-state index in [4.69, 9.17) is 0 Å². The first-order valence-corrected chi connectivity index (χ1v) is 17.3. The normalized spacial score (nSPS) is 11.9. The smallest absolute Gasteiger partial charge is 0.0369 e. The Morgan fingerprint density at radius 3 is 1.70 bits per heavy atom. The van der Waals surface area contributed by atoms with E-state index in [1.54, 1.807) is 0 Å². The molecule has 0 unspecified atom stereocenters. The van der Waals surface area contributed by atoms with Crippen molar-refractivity contribution in [1.29, 1.82) is 0 Å². The fourth-order valence-electron chi connectivity index (χ4n) is 7.38. The summed E-state index contributed by atoms with van der Waals surface area (Å²) in [6.07, 6.45) is 0. The molecule has 0 aliphatic rings. The van der Waals surface area contributed by atoms with Crippen LogP contribution in [0.2, 0.25) is 0 Å². The molecule has 10 rings (SSSR count). The quantitative estimate of drug-likeness (QED) is 0.173. The Hall–Kier alpha value is -5.28. The Balaban J connectivity index is 1.23. The van der Waals surface area contributed by atoms with Crippen molar-refractivity contribution in [2.45, 2.75) is 0 Å². The number of rotatable bonds is 3. The van der Waals surface area contributed by atoms with Gasteiger partial charge in [-0.3, -0.25) is 0 Å². The average Bonchev–Trinajstić information content (AvgIpc) is 3.70. The lowest BCUT2D eigenvalue weighted by molar-refractivity contribution is 1.69. The second kappa shape index (κ2) is 10.1. The summed E-state index contributed by atoms with van der Waals surface area (Å²) in [5.41, 5.74) is 6.44. The Labute approximate surface area is 274 Å². The zero-order valence-corrected chi connectivity index (χ0v) is 26.5. The summed E-state index contributed by atoms with van der Waals surface area (Å²) >= 11 is 3.78. The molecule has 2 heteroatoms. The van der Waals surface area contributed by atoms with Crippen LogP contribution in [0, 0.1) is 0 Å². The van der Waals surface area contributed by atoms with Crippen LogP contribution < -0.4 is 0 Å². The molecule has 214 valence electrons. The molecule has 0 aliphatic heterocycles. The number of hydrogen-bond acceptors (Lipinski definition) is 2. The van der Waals surface area contributed by atoms with Crippen LogP contribution >= 0.6 is 22.7 Å². The fraction of sp³-hybridized carbons (Fsp3) is 0. The van der Waals surface area contributed by atoms with Crippen LogP contribution in [0.25, 0.3) is 95.3 Å². The molecule has 0 amide bonds. The van der Waals surface area contributed by atoms with Gasteiger partial charge in [0.15, 0.2) is 0 Å². The summed E-state index contributed by atoms with van der Waals surface area (Å²) in [6, 6.07) is 58.4. The SMILES string of the molecule is c1ccc(-c2cc3cc4c(cc3s2)sc2ccc(-c3c5ccccc5c(-c5cccc6ccccc56)c5ccccc35)cc24)cc1. The molecule has 46 heavy (non-hydrogen) atoms. The molecule has 0 fully saturated rings. The van der Waals surface area contributed by atoms with Gasteiger partial charge in [-0.2, -0.15) is 0 Å². The molecule has 0 saturated heterocycles. The minimum atomic E-state index is 1.26. The lowest BCUT2D eigenvalue weighted by Crippen LogP contribution is -1.91. The molecule has 0 radical (unpaired) electrons. The van der Waals surface area contributed by atoms with Crippen molar-refractivity contribution in [3.8, 4) is 32.7 Å². The van der Waals surface area contributed by atoms with E-state index in [2.05, 4.69) is 158 Å². The van der Waals surface area contributed by atoms with Crippen molar-refractivity contribution >= 4 is 85.2 Å². The highest BCUT2D eigenvalue weighted by atomic mass is 32.1. The van der Waals surface area contributed by atoms with E-state index in [0.29, 0.717) is 0 Å². The van der Waals surface area contributed by atoms with E-state index in [9.17, 15) is 0 Å². The third kappa shape index (κ3) is 3.91. The molecular formula is C44H26S2. The van der Waals surface area contributed by atoms with Crippen molar-refractivity contribution in [3.05, 3.63) is 158 Å². The zero-order valence-electron chi connectivity index (χ0n) is 24.8. The van der Waals surface area contributed by atoms with Crippen molar-refractivity contribution < 1.29 is 0 Å². The lowest BCUT2D eigenvalue weighted by Gasteiger charge is -2.19. The average molecular weight is 619 g/mol. The van der Waals surface area contributed by atoms with E-state index >= 15 is 0 Å². The molecule has 0 bridgehead atoms. The molecule has 8 aromatic carbocycles. The fourth-order valence-corrected chi connectivity index (χ4v) is 9.66. The highest BCUT2D eigenvalue weighted by Crippen LogP contribution is 2.47. The second-order valence-electron chi connectivity index (χ2n) is 12.0. The molecule has 0 atom stereocenters. The number of fused-ring (bicyclic) bond motifs is 7. The van der Waals surface area contributed by atoms with Gasteiger partial charge in [0, 0.05) is 29.7 Å². The van der Waals surface area contributed by atoms with Crippen LogP contribution in [0.5, 0.6) is 0 Å². The van der Waals surface area contributed by atoms with Crippen molar-refractivity contribution in [2.24, 2.45) is 0 Å². The number of thiophene rings is 2. The van der Waals surface area contributed by atoms with Crippen LogP contribution in [0.1, 0.15) is 0 Å². The topological polar surface area (TPSA) is 0 Å². The van der Waals surface area contributed by atoms with Gasteiger partial charge in [-0.15, -0.1) is 22.7 Å². The number of hydrogen-bond donors (Lipinski definition) is 0. The third-order valence-electron chi connectivity index (χ3n) is 9.45. The van der Waals surface area contributed by atoms with Gasteiger partial charge in [-0.05, 0) is 95.9 Å². The molecule has 2 aromatic heterocycles. The van der Waals surface area contributed by atoms with Crippen molar-refractivity contribution in [1.82, 2.24) is 0 Å². The van der Waals surface area contributed by atoms with E-state index < -0.39 is 0 Å². The van der Waals surface area contributed by atoms with Gasteiger partial charge in [0.25, 0.3) is 0 Å². The van der Waals surface area contributed by atoms with Crippen molar-refractivity contribution in [2.75, 3.05) is 0 Å². The first-order chi connectivity index (χ1) is 22.8. The van der Waals surface area contributed by atoms with Crippen LogP contribution in [-0.2, 0) is 0 Å². The van der Waals surface area contributed by atoms with E-state index in [1.165, 1.54) is 95.3 Å². The zero-order chi connectivity index (χ0) is 30.2. The van der Waals surface area contributed by atoms with Crippen LogP contribution in [0.15, 0.2) is 158 Å². The summed E-state index contributed by atoms with van der Waals surface area (Å²) in [6.45, 7) is 0. The van der Waals surface area contributed by atoms with Crippen molar-refractivity contribution in [3.63, 3.8) is 0 Å². The second-order valence-corrected chi connectivity index (χ2v) is 14.2. The highest BCUT2D eigenvalue weighted by molar-refractivity contribution is 7.26. The molecular weight excluding hydrogens is 593 g/mol. The third-order valence-corrected chi connectivity index (χ3v) is 11.7. The summed E-state index contributed by atoms with van der Waals surface area (Å²) in [5.74, 6) is 0. The largest absolute Gasteiger partial charge is 0.135 e. The minimum Gasteiger partial charge on any atom is -0.135 e. The van der Waals surface area contributed by atoms with E-state index in [-0.39, 0.29) is 0 Å². The predicted octanol–water partition coefficient (Wildman–Crippen LogP) is 13.7. The van der Waals surface area contributed by atoms with Gasteiger partial charge < -0.3 is 0 Å². The van der Waals surface area contributed by atoms with E-state index in [0.717, 1.165) is 0 Å². The van der Waals surface area contributed by atoms with Crippen LogP contribution in [0.4, 0.5) is 0 Å². The maximum absolute atomic E-state index is 2.44. The molecule has 0 nitrogen and oxygen atoms in total. The maximum Gasteiger partial charge on any atom is 0.0369 e. The molecule has 0 spiro atoms. The maximum atomic E-state index is 2.44. The minimum absolute atomic E-state index is 1.26. The lowest BCUT2D eigenvalue weighted by atomic mass is 9.84. The summed E-state index contributed by atoms with van der Waals surface area (Å²) in [5, 5.41) is 11.7. The first-order valence-electron chi connectivity index (χ1n) is 15.7. The van der Waals surface area contributed by atoms with Gasteiger partial charge in [0.1, 0.15) is 0 Å². The van der Waals surface area contributed by atoms with Gasteiger partial charge >= 0.3 is 0 Å². The van der Waals surface area contributed by atoms with Crippen LogP contribution in [0.3, 0.4) is 0 Å². The first kappa shape index (κ1) is 26.0. The summed E-state index contributed by atoms with van der Waals surface area (Å²) in [4.78, 5) is 1.32. The van der Waals surface area contributed by atoms with Gasteiger partial charge in [-0.25, -0.2) is 0 Å². The monoisotopic (exact) mass is 618 g/mol. The Morgan fingerprint density at radius 2 is 0.935 bits per heavy atom. The van der Waals surface area contributed by atoms with Gasteiger partial charge in [0.05, 0.1) is 0 Å². The summed E-state index contributed by atoms with van der Waals surface area (Å²) < 4.78 is 4.03. The molecule has 0 aliphatic carbocycles. The molecule has 10 aromatic rings. The van der Waals surface area contributed by atoms with Crippen LogP contribution in [-0.4, -0.2) is 0 Å².